The number of amides is 2. The van der Waals surface area contributed by atoms with Crippen LogP contribution in [0.25, 0.3) is 0 Å². The monoisotopic (exact) mass is 344 g/mol. The summed E-state index contributed by atoms with van der Waals surface area (Å²) in [5, 5.41) is 19.8. The Labute approximate surface area is 147 Å². The molecule has 134 valence electrons. The summed E-state index contributed by atoms with van der Waals surface area (Å²) < 4.78 is 6.90. The first kappa shape index (κ1) is 17.3. The number of carbonyl (C=O) groups excluding carboxylic acids is 1. The van der Waals surface area contributed by atoms with Crippen molar-refractivity contribution in [2.75, 3.05) is 12.4 Å². The van der Waals surface area contributed by atoms with Crippen molar-refractivity contribution in [2.45, 2.75) is 44.4 Å². The fraction of sp³-hybridized carbons (Fsp3) is 0.444. The summed E-state index contributed by atoms with van der Waals surface area (Å²) in [6.45, 7) is 0.606. The Balaban J connectivity index is 1.52. The van der Waals surface area contributed by atoms with Crippen molar-refractivity contribution in [1.29, 1.82) is 0 Å². The molecule has 1 saturated carbocycles. The molecule has 0 radical (unpaired) electrons. The molecule has 1 aliphatic rings. The van der Waals surface area contributed by atoms with Gasteiger partial charge in [-0.3, -0.25) is 4.68 Å². The average Bonchev–Trinajstić information content (AvgIpc) is 3.04. The van der Waals surface area contributed by atoms with Crippen LogP contribution in [-0.2, 0) is 6.54 Å². The largest absolute Gasteiger partial charge is 0.497 e. The van der Waals surface area contributed by atoms with Gasteiger partial charge in [-0.2, -0.15) is 5.10 Å². The second-order valence-corrected chi connectivity index (χ2v) is 6.33. The van der Waals surface area contributed by atoms with Crippen molar-refractivity contribution in [2.24, 2.45) is 0 Å². The number of nitrogens with zero attached hydrogens (tertiary/aromatic N) is 2. The van der Waals surface area contributed by atoms with Gasteiger partial charge in [0.05, 0.1) is 37.7 Å². The highest BCUT2D eigenvalue weighted by Gasteiger charge is 2.24. The maximum Gasteiger partial charge on any atom is 0.319 e. The molecule has 2 atom stereocenters. The Morgan fingerprint density at radius 3 is 2.80 bits per heavy atom. The van der Waals surface area contributed by atoms with Crippen LogP contribution in [0, 0.1) is 0 Å². The van der Waals surface area contributed by atoms with Crippen molar-refractivity contribution >= 4 is 11.7 Å². The number of aliphatic hydroxyl groups excluding tert-OH is 1. The molecule has 0 bridgehead atoms. The van der Waals surface area contributed by atoms with Crippen LogP contribution in [0.3, 0.4) is 0 Å². The van der Waals surface area contributed by atoms with Gasteiger partial charge < -0.3 is 20.5 Å². The Morgan fingerprint density at radius 2 is 2.08 bits per heavy atom. The Bertz CT molecular complexity index is 699. The zero-order chi connectivity index (χ0) is 17.6. The number of benzene rings is 1. The SMILES string of the molecule is COc1ccc(Cn2cc(NC(=O)N[C@H]3CCCC[C@@H]3O)cn2)cc1. The number of hydrogen-bond donors (Lipinski definition) is 3. The van der Waals surface area contributed by atoms with Crippen LogP contribution < -0.4 is 15.4 Å². The standard InChI is InChI=1S/C18H24N4O3/c1-25-15-8-6-13(7-9-15)11-22-12-14(10-19-22)20-18(24)21-16-4-2-3-5-17(16)23/h6-10,12,16-17,23H,2-5,11H2,1H3,(H2,20,21,24)/t16-,17-/m0/s1. The Morgan fingerprint density at radius 1 is 1.32 bits per heavy atom. The highest BCUT2D eigenvalue weighted by molar-refractivity contribution is 5.89. The summed E-state index contributed by atoms with van der Waals surface area (Å²) in [6, 6.07) is 7.27. The summed E-state index contributed by atoms with van der Waals surface area (Å²) in [5.41, 5.74) is 1.71. The highest BCUT2D eigenvalue weighted by Crippen LogP contribution is 2.18. The molecule has 3 N–H and O–H groups in total. The number of carbonyl (C=O) groups is 1. The number of rotatable bonds is 5. The lowest BCUT2D eigenvalue weighted by Gasteiger charge is -2.28. The normalized spacial score (nSPS) is 20.1. The fourth-order valence-corrected chi connectivity index (χ4v) is 3.05. The molecule has 2 amide bonds. The van der Waals surface area contributed by atoms with E-state index in [1.807, 2.05) is 24.3 Å². The highest BCUT2D eigenvalue weighted by atomic mass is 16.5. The van der Waals surface area contributed by atoms with E-state index in [0.29, 0.717) is 12.2 Å². The van der Waals surface area contributed by atoms with Gasteiger partial charge >= 0.3 is 6.03 Å². The predicted octanol–water partition coefficient (Wildman–Crippen LogP) is 2.37. The van der Waals surface area contributed by atoms with Crippen molar-refractivity contribution in [1.82, 2.24) is 15.1 Å². The number of nitrogens with one attached hydrogen (secondary N) is 2. The summed E-state index contributed by atoms with van der Waals surface area (Å²) in [7, 11) is 1.64. The van der Waals surface area contributed by atoms with E-state index in [-0.39, 0.29) is 12.1 Å². The van der Waals surface area contributed by atoms with Gasteiger partial charge in [-0.25, -0.2) is 4.79 Å². The first-order valence-electron chi connectivity index (χ1n) is 8.55. The first-order chi connectivity index (χ1) is 12.1. The van der Waals surface area contributed by atoms with Crippen LogP contribution in [0.1, 0.15) is 31.2 Å². The molecular weight excluding hydrogens is 320 g/mol. The lowest BCUT2D eigenvalue weighted by molar-refractivity contribution is 0.0955. The molecule has 7 nitrogen and oxygen atoms in total. The van der Waals surface area contributed by atoms with Crippen LogP contribution in [0.5, 0.6) is 5.75 Å². The van der Waals surface area contributed by atoms with Crippen molar-refractivity contribution in [3.63, 3.8) is 0 Å². The second kappa shape index (κ2) is 8.02. The maximum atomic E-state index is 12.1. The molecule has 0 spiro atoms. The lowest BCUT2D eigenvalue weighted by atomic mass is 9.93. The summed E-state index contributed by atoms with van der Waals surface area (Å²) in [4.78, 5) is 12.1. The van der Waals surface area contributed by atoms with E-state index in [2.05, 4.69) is 15.7 Å². The Hall–Kier alpha value is -2.54. The van der Waals surface area contributed by atoms with E-state index >= 15 is 0 Å². The quantitative estimate of drug-likeness (QED) is 0.777. The third kappa shape index (κ3) is 4.73. The fourth-order valence-electron chi connectivity index (χ4n) is 3.05. The van der Waals surface area contributed by atoms with Crippen LogP contribution in [0.15, 0.2) is 36.7 Å². The van der Waals surface area contributed by atoms with Gasteiger partial charge in [0, 0.05) is 6.20 Å². The number of hydrogen-bond acceptors (Lipinski definition) is 4. The van der Waals surface area contributed by atoms with Crippen LogP contribution in [-0.4, -0.2) is 40.2 Å². The van der Waals surface area contributed by atoms with Gasteiger partial charge in [0.2, 0.25) is 0 Å². The van der Waals surface area contributed by atoms with E-state index in [1.165, 1.54) is 0 Å². The van der Waals surface area contributed by atoms with Gasteiger partial charge in [0.1, 0.15) is 5.75 Å². The zero-order valence-corrected chi connectivity index (χ0v) is 14.3. The van der Waals surface area contributed by atoms with Crippen LogP contribution in [0.4, 0.5) is 10.5 Å². The summed E-state index contributed by atoms with van der Waals surface area (Å²) >= 11 is 0. The third-order valence-electron chi connectivity index (χ3n) is 4.44. The zero-order valence-electron chi connectivity index (χ0n) is 14.3. The molecule has 1 heterocycles. The van der Waals surface area contributed by atoms with E-state index < -0.39 is 6.10 Å². The number of methoxy groups -OCH3 is 1. The molecule has 1 aromatic carbocycles. The number of urea groups is 1. The number of anilines is 1. The molecule has 25 heavy (non-hydrogen) atoms. The van der Waals surface area contributed by atoms with Gasteiger partial charge in [0.25, 0.3) is 0 Å². The lowest BCUT2D eigenvalue weighted by Crippen LogP contribution is -2.46. The third-order valence-corrected chi connectivity index (χ3v) is 4.44. The van der Waals surface area contributed by atoms with E-state index in [4.69, 9.17) is 4.74 Å². The first-order valence-corrected chi connectivity index (χ1v) is 8.55. The number of ether oxygens (including phenoxy) is 1. The van der Waals surface area contributed by atoms with Crippen molar-refractivity contribution < 1.29 is 14.6 Å². The topological polar surface area (TPSA) is 88.4 Å². The van der Waals surface area contributed by atoms with E-state index in [9.17, 15) is 9.90 Å². The van der Waals surface area contributed by atoms with Crippen LogP contribution in [0.2, 0.25) is 0 Å². The molecule has 1 aliphatic carbocycles. The molecule has 7 heteroatoms. The van der Waals surface area contributed by atoms with E-state index in [1.54, 1.807) is 24.2 Å². The summed E-state index contributed by atoms with van der Waals surface area (Å²) in [6.07, 6.45) is 6.52. The van der Waals surface area contributed by atoms with Gasteiger partial charge in [0.15, 0.2) is 0 Å². The molecule has 1 aromatic heterocycles. The minimum absolute atomic E-state index is 0.178. The Kier molecular flexibility index (Phi) is 5.55. The van der Waals surface area contributed by atoms with E-state index in [0.717, 1.165) is 37.0 Å². The molecule has 0 saturated heterocycles. The number of aromatic nitrogens is 2. The van der Waals surface area contributed by atoms with Gasteiger partial charge in [-0.15, -0.1) is 0 Å². The maximum absolute atomic E-state index is 12.1. The smallest absolute Gasteiger partial charge is 0.319 e. The molecule has 1 fully saturated rings. The van der Waals surface area contributed by atoms with Crippen LogP contribution >= 0.6 is 0 Å². The molecule has 2 aromatic rings. The molecule has 0 aliphatic heterocycles. The van der Waals surface area contributed by atoms with Gasteiger partial charge in [-0.1, -0.05) is 25.0 Å². The minimum Gasteiger partial charge on any atom is -0.497 e. The second-order valence-electron chi connectivity index (χ2n) is 6.33. The number of aliphatic hydroxyl groups is 1. The summed E-state index contributed by atoms with van der Waals surface area (Å²) in [5.74, 6) is 0.813. The molecule has 0 unspecified atom stereocenters. The average molecular weight is 344 g/mol. The van der Waals surface area contributed by atoms with Crippen molar-refractivity contribution in [3.05, 3.63) is 42.2 Å². The van der Waals surface area contributed by atoms with Gasteiger partial charge in [-0.05, 0) is 30.5 Å². The van der Waals surface area contributed by atoms with Crippen molar-refractivity contribution in [3.8, 4) is 5.75 Å². The molecule has 3 rings (SSSR count). The minimum atomic E-state index is -0.461. The predicted molar refractivity (Wildman–Crippen MR) is 94.7 cm³/mol. The molecular formula is C18H24N4O3.